The summed E-state index contributed by atoms with van der Waals surface area (Å²) in [6.45, 7) is -0.00470. The van der Waals surface area contributed by atoms with Crippen LogP contribution in [0.4, 0.5) is 18.9 Å². The minimum absolute atomic E-state index is 0.148. The van der Waals surface area contributed by atoms with E-state index < -0.39 is 34.6 Å². The molecule has 33 heavy (non-hydrogen) atoms. The van der Waals surface area contributed by atoms with Crippen LogP contribution in [-0.2, 0) is 27.8 Å². The summed E-state index contributed by atoms with van der Waals surface area (Å²) in [5.41, 5.74) is 0.604. The first-order valence-corrected chi connectivity index (χ1v) is 11.2. The molecular formula is C20H17F3N4O5S. The van der Waals surface area contributed by atoms with Gasteiger partial charge >= 0.3 is 6.36 Å². The minimum Gasteiger partial charge on any atom is -0.406 e. The van der Waals surface area contributed by atoms with Gasteiger partial charge in [-0.1, -0.05) is 0 Å². The highest BCUT2D eigenvalue weighted by Gasteiger charge is 2.31. The number of alkyl halides is 3. The average molecular weight is 482 g/mol. The van der Waals surface area contributed by atoms with Gasteiger partial charge in [-0.2, -0.15) is 0 Å². The van der Waals surface area contributed by atoms with Crippen molar-refractivity contribution in [2.75, 3.05) is 11.9 Å². The molecule has 0 atom stereocenters. The van der Waals surface area contributed by atoms with Gasteiger partial charge in [0.05, 0.1) is 22.3 Å². The summed E-state index contributed by atoms with van der Waals surface area (Å²) in [5, 5.41) is 2.93. The number of aromatic nitrogens is 2. The van der Waals surface area contributed by atoms with Crippen LogP contribution >= 0.6 is 0 Å². The largest absolute Gasteiger partial charge is 0.573 e. The predicted molar refractivity (Wildman–Crippen MR) is 111 cm³/mol. The number of hydrogen-bond acceptors (Lipinski definition) is 6. The number of sulfonamides is 1. The fraction of sp³-hybridized carbons (Fsp3) is 0.250. The number of anilines is 1. The van der Waals surface area contributed by atoms with Gasteiger partial charge in [0, 0.05) is 18.7 Å². The molecule has 0 unspecified atom stereocenters. The third-order valence-corrected chi connectivity index (χ3v) is 6.31. The summed E-state index contributed by atoms with van der Waals surface area (Å²) in [4.78, 5) is 28.8. The number of fused-ring (bicyclic) bond motifs is 2. The zero-order valence-corrected chi connectivity index (χ0v) is 17.7. The number of hydrogen-bond donors (Lipinski definition) is 2. The Hall–Kier alpha value is -3.45. The van der Waals surface area contributed by atoms with Crippen molar-refractivity contribution in [3.8, 4) is 5.75 Å². The highest BCUT2D eigenvalue weighted by atomic mass is 32.2. The predicted octanol–water partition coefficient (Wildman–Crippen LogP) is 2.16. The highest BCUT2D eigenvalue weighted by molar-refractivity contribution is 7.89. The van der Waals surface area contributed by atoms with Crippen molar-refractivity contribution >= 4 is 32.5 Å². The number of amides is 1. The van der Waals surface area contributed by atoms with E-state index in [0.717, 1.165) is 30.7 Å². The van der Waals surface area contributed by atoms with Crippen molar-refractivity contribution in [1.82, 2.24) is 14.3 Å². The molecule has 1 aromatic heterocycles. The lowest BCUT2D eigenvalue weighted by atomic mass is 10.2. The van der Waals surface area contributed by atoms with Gasteiger partial charge in [-0.15, -0.1) is 13.2 Å². The van der Waals surface area contributed by atoms with Crippen LogP contribution in [0.2, 0.25) is 0 Å². The van der Waals surface area contributed by atoms with Gasteiger partial charge in [-0.25, -0.2) is 18.1 Å². The second-order valence-electron chi connectivity index (χ2n) is 7.21. The van der Waals surface area contributed by atoms with E-state index in [4.69, 9.17) is 0 Å². The molecule has 1 amide bonds. The average Bonchev–Trinajstić information content (AvgIpc) is 3.20. The van der Waals surface area contributed by atoms with Crippen LogP contribution in [0.1, 0.15) is 12.2 Å². The number of rotatable bonds is 6. The molecule has 4 rings (SSSR count). The van der Waals surface area contributed by atoms with Crippen LogP contribution < -0.4 is 20.3 Å². The maximum Gasteiger partial charge on any atom is 0.573 e. The van der Waals surface area contributed by atoms with Crippen LogP contribution in [0.25, 0.3) is 10.9 Å². The normalized spacial score (nSPS) is 13.7. The Bertz CT molecular complexity index is 1390. The molecule has 174 valence electrons. The molecular weight excluding hydrogens is 465 g/mol. The molecule has 3 aromatic rings. The summed E-state index contributed by atoms with van der Waals surface area (Å²) >= 11 is 0. The Morgan fingerprint density at radius 3 is 2.58 bits per heavy atom. The van der Waals surface area contributed by atoms with Crippen molar-refractivity contribution in [1.29, 1.82) is 0 Å². The van der Waals surface area contributed by atoms with Crippen molar-refractivity contribution < 1.29 is 31.1 Å². The van der Waals surface area contributed by atoms with Crippen LogP contribution in [-0.4, -0.2) is 36.8 Å². The second kappa shape index (κ2) is 8.48. The molecule has 13 heteroatoms. The number of benzene rings is 2. The van der Waals surface area contributed by atoms with E-state index in [1.54, 1.807) is 10.6 Å². The van der Waals surface area contributed by atoms with Crippen molar-refractivity contribution in [3.05, 3.63) is 58.6 Å². The summed E-state index contributed by atoms with van der Waals surface area (Å²) < 4.78 is 68.6. The molecule has 0 bridgehead atoms. The van der Waals surface area contributed by atoms with E-state index in [1.807, 2.05) is 0 Å². The first-order chi connectivity index (χ1) is 15.5. The number of nitrogens with zero attached hydrogens (tertiary/aromatic N) is 2. The standard InChI is InChI=1S/C20H17F3N4O5S/c21-20(22,23)32-13-4-6-14(7-5-13)33(30,31)24-11-18(28)25-12-3-8-15-16(10-12)26-17-2-1-9-27(17)19(15)29/h3-8,10,24H,1-2,9,11H2,(H,25,28). The van der Waals surface area contributed by atoms with Gasteiger partial charge < -0.3 is 10.1 Å². The molecule has 0 saturated carbocycles. The highest BCUT2D eigenvalue weighted by Crippen LogP contribution is 2.24. The van der Waals surface area contributed by atoms with E-state index in [-0.39, 0.29) is 10.5 Å². The van der Waals surface area contributed by atoms with Gasteiger partial charge in [-0.3, -0.25) is 14.2 Å². The number of carbonyl (C=O) groups excluding carboxylic acids is 1. The van der Waals surface area contributed by atoms with E-state index in [9.17, 15) is 31.2 Å². The Labute approximate surface area is 185 Å². The summed E-state index contributed by atoms with van der Waals surface area (Å²) in [7, 11) is -4.16. The molecule has 0 radical (unpaired) electrons. The first kappa shape index (κ1) is 22.7. The van der Waals surface area contributed by atoms with Gasteiger partial charge in [0.15, 0.2) is 0 Å². The number of halogens is 3. The zero-order chi connectivity index (χ0) is 23.8. The van der Waals surface area contributed by atoms with Crippen molar-refractivity contribution in [2.24, 2.45) is 0 Å². The van der Waals surface area contributed by atoms with E-state index in [2.05, 4.69) is 19.8 Å². The molecule has 2 aromatic carbocycles. The number of nitrogens with one attached hydrogen (secondary N) is 2. The smallest absolute Gasteiger partial charge is 0.406 e. The van der Waals surface area contributed by atoms with Crippen LogP contribution in [0, 0.1) is 0 Å². The van der Waals surface area contributed by atoms with Gasteiger partial charge in [0.2, 0.25) is 15.9 Å². The second-order valence-corrected chi connectivity index (χ2v) is 8.98. The lowest BCUT2D eigenvalue weighted by Crippen LogP contribution is -2.33. The molecule has 1 aliphatic rings. The molecule has 0 fully saturated rings. The Balaban J connectivity index is 1.41. The number of aryl methyl sites for hydroxylation is 1. The monoisotopic (exact) mass is 482 g/mol. The van der Waals surface area contributed by atoms with Gasteiger partial charge in [-0.05, 0) is 48.9 Å². The number of ether oxygens (including phenoxy) is 1. The van der Waals surface area contributed by atoms with Crippen LogP contribution in [0.5, 0.6) is 5.75 Å². The van der Waals surface area contributed by atoms with E-state index in [0.29, 0.717) is 35.4 Å². The Kier molecular flexibility index (Phi) is 5.84. The molecule has 9 nitrogen and oxygen atoms in total. The fourth-order valence-electron chi connectivity index (χ4n) is 3.43. The van der Waals surface area contributed by atoms with Crippen LogP contribution in [0.15, 0.2) is 52.2 Å². The quantitative estimate of drug-likeness (QED) is 0.556. The van der Waals surface area contributed by atoms with Gasteiger partial charge in [0.25, 0.3) is 5.56 Å². The summed E-state index contributed by atoms with van der Waals surface area (Å²) in [6, 6.07) is 8.13. The van der Waals surface area contributed by atoms with E-state index in [1.165, 1.54) is 12.1 Å². The zero-order valence-electron chi connectivity index (χ0n) is 16.8. The molecule has 0 spiro atoms. The SMILES string of the molecule is O=C(CNS(=O)(=O)c1ccc(OC(F)(F)F)cc1)Nc1ccc2c(=O)n3c(nc2c1)CCC3. The molecule has 1 aliphatic heterocycles. The molecule has 0 saturated heterocycles. The Morgan fingerprint density at radius 2 is 1.88 bits per heavy atom. The maximum atomic E-state index is 12.5. The topological polar surface area (TPSA) is 119 Å². The Morgan fingerprint density at radius 1 is 1.15 bits per heavy atom. The lowest BCUT2D eigenvalue weighted by molar-refractivity contribution is -0.274. The maximum absolute atomic E-state index is 12.5. The lowest BCUT2D eigenvalue weighted by Gasteiger charge is -2.11. The summed E-state index contributed by atoms with van der Waals surface area (Å²) in [6.07, 6.45) is -3.38. The third-order valence-electron chi connectivity index (χ3n) is 4.89. The number of carbonyl (C=O) groups is 1. The molecule has 2 N–H and O–H groups in total. The fourth-order valence-corrected chi connectivity index (χ4v) is 4.41. The summed E-state index contributed by atoms with van der Waals surface area (Å²) in [5.74, 6) is -0.586. The van der Waals surface area contributed by atoms with Crippen LogP contribution in [0.3, 0.4) is 0 Å². The van der Waals surface area contributed by atoms with Crippen molar-refractivity contribution in [2.45, 2.75) is 30.6 Å². The van der Waals surface area contributed by atoms with Crippen molar-refractivity contribution in [3.63, 3.8) is 0 Å². The van der Waals surface area contributed by atoms with E-state index >= 15 is 0 Å². The first-order valence-electron chi connectivity index (χ1n) is 9.71. The minimum atomic E-state index is -4.90. The van der Waals surface area contributed by atoms with Gasteiger partial charge in [0.1, 0.15) is 11.6 Å². The molecule has 0 aliphatic carbocycles. The third kappa shape index (κ3) is 5.14. The molecule has 2 heterocycles.